The van der Waals surface area contributed by atoms with Crippen molar-refractivity contribution in [2.75, 3.05) is 13.2 Å². The lowest BCUT2D eigenvalue weighted by atomic mass is 10.1. The summed E-state index contributed by atoms with van der Waals surface area (Å²) in [5, 5.41) is 13.4. The van der Waals surface area contributed by atoms with Gasteiger partial charge in [0, 0.05) is 18.1 Å². The van der Waals surface area contributed by atoms with Crippen LogP contribution in [-0.2, 0) is 15.7 Å². The Morgan fingerprint density at radius 3 is 2.44 bits per heavy atom. The number of esters is 1. The molecule has 0 radical (unpaired) electrons. The number of ether oxygens (including phenoxy) is 2. The molecule has 0 atom stereocenters. The molecule has 172 valence electrons. The third kappa shape index (κ3) is 6.58. The van der Waals surface area contributed by atoms with Gasteiger partial charge in [0.15, 0.2) is 0 Å². The molecule has 0 aliphatic carbocycles. The van der Waals surface area contributed by atoms with Crippen LogP contribution in [0.25, 0.3) is 0 Å². The largest absolute Gasteiger partial charge is 0.460 e. The maximum atomic E-state index is 12.8. The average molecular weight is 475 g/mol. The third-order valence-corrected chi connectivity index (χ3v) is 4.33. The summed E-state index contributed by atoms with van der Waals surface area (Å²) in [6.07, 6.45) is -4.60. The van der Waals surface area contributed by atoms with Crippen LogP contribution in [0.3, 0.4) is 0 Å². The lowest BCUT2D eigenvalue weighted by Gasteiger charge is -2.12. The van der Waals surface area contributed by atoms with Gasteiger partial charge in [-0.3, -0.25) is 14.9 Å². The van der Waals surface area contributed by atoms with E-state index in [1.165, 1.54) is 0 Å². The lowest BCUT2D eigenvalue weighted by Crippen LogP contribution is -2.31. The normalized spacial score (nSPS) is 11.2. The number of rotatable bonds is 8. The van der Waals surface area contributed by atoms with E-state index in [9.17, 15) is 32.9 Å². The van der Waals surface area contributed by atoms with Gasteiger partial charge in [-0.25, -0.2) is 4.79 Å². The van der Waals surface area contributed by atoms with E-state index in [1.54, 1.807) is 13.8 Å². The summed E-state index contributed by atoms with van der Waals surface area (Å²) >= 11 is 5.84. The molecule has 0 fully saturated rings. The molecule has 0 heterocycles. The number of nitrogens with one attached hydrogen (secondary N) is 1. The number of nitro groups is 1. The van der Waals surface area contributed by atoms with Gasteiger partial charge in [0.2, 0.25) is 5.91 Å². The SMILES string of the molecule is CC(C)C(=O)NCCOC(=O)c1cc(Oc2ccc(C(F)(F)F)cc2Cl)ccc1[N+](=O)[O-]. The zero-order valence-electron chi connectivity index (χ0n) is 16.9. The number of alkyl halides is 3. The minimum Gasteiger partial charge on any atom is -0.460 e. The number of halogens is 4. The molecule has 2 aromatic carbocycles. The first-order chi connectivity index (χ1) is 14.9. The van der Waals surface area contributed by atoms with Gasteiger partial charge < -0.3 is 14.8 Å². The Balaban J connectivity index is 2.18. The highest BCUT2D eigenvalue weighted by atomic mass is 35.5. The summed E-state index contributed by atoms with van der Waals surface area (Å²) in [5.41, 5.74) is -1.98. The van der Waals surface area contributed by atoms with E-state index in [2.05, 4.69) is 5.32 Å². The monoisotopic (exact) mass is 474 g/mol. The summed E-state index contributed by atoms with van der Waals surface area (Å²) in [5.74, 6) is -1.80. The Hall–Kier alpha value is -3.34. The van der Waals surface area contributed by atoms with Crippen LogP contribution in [0.4, 0.5) is 18.9 Å². The molecule has 0 unspecified atom stereocenters. The van der Waals surface area contributed by atoms with Crippen molar-refractivity contribution in [3.63, 3.8) is 0 Å². The van der Waals surface area contributed by atoms with E-state index < -0.39 is 33.9 Å². The van der Waals surface area contributed by atoms with Crippen molar-refractivity contribution in [2.45, 2.75) is 20.0 Å². The number of carbonyl (C=O) groups excluding carboxylic acids is 2. The standard InChI is InChI=1S/C20H18ClF3N2O6/c1-11(2)18(27)25-7-8-31-19(28)14-10-13(4-5-16(14)26(29)30)32-17-6-3-12(9-15(17)21)20(22,23)24/h3-6,9-11H,7-8H2,1-2H3,(H,25,27). The number of nitrogens with zero attached hydrogens (tertiary/aromatic N) is 1. The molecule has 1 N–H and O–H groups in total. The lowest BCUT2D eigenvalue weighted by molar-refractivity contribution is -0.385. The van der Waals surface area contributed by atoms with Crippen molar-refractivity contribution < 1.29 is 37.2 Å². The summed E-state index contributed by atoms with van der Waals surface area (Å²) in [7, 11) is 0. The predicted molar refractivity (Wildman–Crippen MR) is 108 cm³/mol. The van der Waals surface area contributed by atoms with E-state index in [-0.39, 0.29) is 41.5 Å². The molecule has 0 saturated heterocycles. The molecule has 32 heavy (non-hydrogen) atoms. The van der Waals surface area contributed by atoms with Crippen molar-refractivity contribution in [3.8, 4) is 11.5 Å². The molecule has 0 spiro atoms. The molecule has 8 nitrogen and oxygen atoms in total. The Morgan fingerprint density at radius 1 is 1.19 bits per heavy atom. The van der Waals surface area contributed by atoms with E-state index >= 15 is 0 Å². The van der Waals surface area contributed by atoms with Gasteiger partial charge in [-0.2, -0.15) is 13.2 Å². The number of carbonyl (C=O) groups is 2. The van der Waals surface area contributed by atoms with Gasteiger partial charge in [-0.1, -0.05) is 25.4 Å². The Kier molecular flexibility index (Phi) is 8.03. The predicted octanol–water partition coefficient (Wildman–Crippen LogP) is 4.99. The van der Waals surface area contributed by atoms with E-state index in [0.29, 0.717) is 6.07 Å². The number of amides is 1. The molecular formula is C20H18ClF3N2O6. The molecule has 2 rings (SSSR count). The summed E-state index contributed by atoms with van der Waals surface area (Å²) in [6.45, 7) is 3.14. The second-order valence-corrected chi connectivity index (χ2v) is 7.17. The molecule has 0 saturated carbocycles. The first-order valence-corrected chi connectivity index (χ1v) is 9.55. The maximum Gasteiger partial charge on any atom is 0.416 e. The summed E-state index contributed by atoms with van der Waals surface area (Å²) < 4.78 is 48.7. The molecule has 1 amide bonds. The Bertz CT molecular complexity index is 1030. The highest BCUT2D eigenvalue weighted by Gasteiger charge is 2.31. The van der Waals surface area contributed by atoms with Crippen LogP contribution < -0.4 is 10.1 Å². The Morgan fingerprint density at radius 2 is 1.88 bits per heavy atom. The quantitative estimate of drug-likeness (QED) is 0.250. The fourth-order valence-electron chi connectivity index (χ4n) is 2.39. The first-order valence-electron chi connectivity index (χ1n) is 9.18. The molecule has 0 bridgehead atoms. The van der Waals surface area contributed by atoms with Crippen LogP contribution >= 0.6 is 11.6 Å². The fourth-order valence-corrected chi connectivity index (χ4v) is 2.61. The van der Waals surface area contributed by atoms with Gasteiger partial charge in [-0.05, 0) is 24.3 Å². The summed E-state index contributed by atoms with van der Waals surface area (Å²) in [6, 6.07) is 5.58. The van der Waals surface area contributed by atoms with Crippen molar-refractivity contribution in [1.29, 1.82) is 0 Å². The minimum absolute atomic E-state index is 0.00784. The van der Waals surface area contributed by atoms with Crippen LogP contribution in [-0.4, -0.2) is 30.0 Å². The van der Waals surface area contributed by atoms with E-state index in [1.807, 2.05) is 0 Å². The second-order valence-electron chi connectivity index (χ2n) is 6.76. The maximum absolute atomic E-state index is 12.8. The third-order valence-electron chi connectivity index (χ3n) is 4.03. The van der Waals surface area contributed by atoms with Crippen LogP contribution in [0.2, 0.25) is 5.02 Å². The summed E-state index contributed by atoms with van der Waals surface area (Å²) in [4.78, 5) is 34.3. The zero-order valence-corrected chi connectivity index (χ0v) is 17.6. The number of nitro benzene ring substituents is 1. The van der Waals surface area contributed by atoms with Gasteiger partial charge in [-0.15, -0.1) is 0 Å². The number of benzene rings is 2. The fraction of sp³-hybridized carbons (Fsp3) is 0.300. The number of hydrogen-bond acceptors (Lipinski definition) is 6. The molecule has 0 aliphatic rings. The van der Waals surface area contributed by atoms with E-state index in [0.717, 1.165) is 30.3 Å². The zero-order chi connectivity index (χ0) is 24.1. The average Bonchev–Trinajstić information content (AvgIpc) is 2.71. The van der Waals surface area contributed by atoms with Crippen molar-refractivity contribution in [3.05, 3.63) is 62.7 Å². The molecule has 12 heteroatoms. The molecule has 0 aromatic heterocycles. The smallest absolute Gasteiger partial charge is 0.416 e. The van der Waals surface area contributed by atoms with Crippen molar-refractivity contribution >= 4 is 29.2 Å². The van der Waals surface area contributed by atoms with Crippen LogP contribution in [0.5, 0.6) is 11.5 Å². The van der Waals surface area contributed by atoms with Crippen molar-refractivity contribution in [1.82, 2.24) is 5.32 Å². The van der Waals surface area contributed by atoms with Crippen molar-refractivity contribution in [2.24, 2.45) is 5.92 Å². The van der Waals surface area contributed by atoms with Gasteiger partial charge in [0.1, 0.15) is 23.7 Å². The van der Waals surface area contributed by atoms with Gasteiger partial charge in [0.25, 0.3) is 5.69 Å². The van der Waals surface area contributed by atoms with Gasteiger partial charge in [0.05, 0.1) is 22.1 Å². The molecular weight excluding hydrogens is 457 g/mol. The molecule has 2 aromatic rings. The highest BCUT2D eigenvalue weighted by molar-refractivity contribution is 6.32. The second kappa shape index (κ2) is 10.3. The van der Waals surface area contributed by atoms with Gasteiger partial charge >= 0.3 is 12.1 Å². The van der Waals surface area contributed by atoms with Crippen LogP contribution in [0, 0.1) is 16.0 Å². The minimum atomic E-state index is -4.60. The highest BCUT2D eigenvalue weighted by Crippen LogP contribution is 2.37. The van der Waals surface area contributed by atoms with Crippen LogP contribution in [0.1, 0.15) is 29.8 Å². The topological polar surface area (TPSA) is 108 Å². The molecule has 0 aliphatic heterocycles. The number of hydrogen-bond donors (Lipinski definition) is 1. The van der Waals surface area contributed by atoms with E-state index in [4.69, 9.17) is 21.1 Å². The first kappa shape index (κ1) is 24.9. The van der Waals surface area contributed by atoms with Crippen LogP contribution in [0.15, 0.2) is 36.4 Å². The Labute approximate surface area is 185 Å².